The highest BCUT2D eigenvalue weighted by atomic mass is 16.5. The number of rotatable bonds is 11. The van der Waals surface area contributed by atoms with Gasteiger partial charge in [-0.1, -0.05) is 0 Å². The maximum absolute atomic E-state index is 5.40. The second-order valence-electron chi connectivity index (χ2n) is 4.31. The van der Waals surface area contributed by atoms with Crippen LogP contribution in [0.5, 0.6) is 0 Å². The van der Waals surface area contributed by atoms with E-state index < -0.39 is 0 Å². The maximum atomic E-state index is 5.40. The first-order valence-electron chi connectivity index (χ1n) is 6.17. The quantitative estimate of drug-likeness (QED) is 0.540. The number of nitrogens with one attached hydrogen (secondary N) is 1. The summed E-state index contributed by atoms with van der Waals surface area (Å²) in [4.78, 5) is 0. The lowest BCUT2D eigenvalue weighted by atomic mass is 10.2. The average molecular weight is 231 g/mol. The van der Waals surface area contributed by atoms with Gasteiger partial charge in [0.2, 0.25) is 0 Å². The Kier molecular flexibility index (Phi) is 7.76. The van der Waals surface area contributed by atoms with E-state index in [4.69, 9.17) is 14.2 Å². The van der Waals surface area contributed by atoms with Crippen LogP contribution in [0.1, 0.15) is 19.3 Å². The summed E-state index contributed by atoms with van der Waals surface area (Å²) >= 11 is 0. The van der Waals surface area contributed by atoms with Crippen molar-refractivity contribution in [2.75, 3.05) is 47.2 Å². The van der Waals surface area contributed by atoms with Crippen molar-refractivity contribution < 1.29 is 14.2 Å². The number of hydrogen-bond donors (Lipinski definition) is 1. The highest BCUT2D eigenvalue weighted by molar-refractivity contribution is 4.86. The summed E-state index contributed by atoms with van der Waals surface area (Å²) in [5, 5.41) is 3.54. The van der Waals surface area contributed by atoms with E-state index in [0.29, 0.717) is 19.3 Å². The van der Waals surface area contributed by atoms with Gasteiger partial charge in [-0.2, -0.15) is 0 Å². The Labute approximate surface area is 98.6 Å². The van der Waals surface area contributed by atoms with Gasteiger partial charge in [-0.05, 0) is 31.7 Å². The second kappa shape index (κ2) is 8.93. The average Bonchev–Trinajstić information content (AvgIpc) is 3.10. The molecule has 1 unspecified atom stereocenters. The molecule has 0 spiro atoms. The van der Waals surface area contributed by atoms with Gasteiger partial charge in [0.1, 0.15) is 0 Å². The van der Waals surface area contributed by atoms with E-state index in [1.165, 1.54) is 12.8 Å². The molecule has 1 rings (SSSR count). The van der Waals surface area contributed by atoms with Gasteiger partial charge in [-0.3, -0.25) is 0 Å². The standard InChI is InChI=1S/C12H25NO3/c1-14-8-9-16-7-3-6-13-12(10-15-2)11-4-5-11/h11-13H,3-10H2,1-2H3. The third-order valence-corrected chi connectivity index (χ3v) is 2.84. The lowest BCUT2D eigenvalue weighted by molar-refractivity contribution is 0.0685. The van der Waals surface area contributed by atoms with Gasteiger partial charge < -0.3 is 19.5 Å². The molecule has 0 bridgehead atoms. The van der Waals surface area contributed by atoms with E-state index in [0.717, 1.165) is 32.1 Å². The first-order valence-corrected chi connectivity index (χ1v) is 6.17. The molecule has 0 saturated heterocycles. The van der Waals surface area contributed by atoms with Crippen molar-refractivity contribution in [2.45, 2.75) is 25.3 Å². The minimum absolute atomic E-state index is 0.545. The highest BCUT2D eigenvalue weighted by Crippen LogP contribution is 2.32. The van der Waals surface area contributed by atoms with Crippen LogP contribution >= 0.6 is 0 Å². The molecule has 0 aliphatic heterocycles. The minimum atomic E-state index is 0.545. The fourth-order valence-corrected chi connectivity index (χ4v) is 1.75. The maximum Gasteiger partial charge on any atom is 0.0700 e. The van der Waals surface area contributed by atoms with Crippen LogP contribution in [0.4, 0.5) is 0 Å². The van der Waals surface area contributed by atoms with E-state index in [9.17, 15) is 0 Å². The molecule has 96 valence electrons. The van der Waals surface area contributed by atoms with Crippen LogP contribution in [0.2, 0.25) is 0 Å². The smallest absolute Gasteiger partial charge is 0.0700 e. The van der Waals surface area contributed by atoms with Crippen molar-refractivity contribution in [1.29, 1.82) is 0 Å². The summed E-state index contributed by atoms with van der Waals surface area (Å²) in [7, 11) is 3.46. The Balaban J connectivity index is 1.88. The van der Waals surface area contributed by atoms with Crippen LogP contribution in [0.25, 0.3) is 0 Å². The Morgan fingerprint density at radius 2 is 1.94 bits per heavy atom. The molecular weight excluding hydrogens is 206 g/mol. The van der Waals surface area contributed by atoms with E-state index in [1.807, 2.05) is 0 Å². The molecule has 0 aromatic carbocycles. The Bertz CT molecular complexity index is 162. The normalized spacial score (nSPS) is 17.6. The van der Waals surface area contributed by atoms with Gasteiger partial charge in [0.05, 0.1) is 19.8 Å². The first kappa shape index (κ1) is 13.9. The van der Waals surface area contributed by atoms with Crippen LogP contribution in [0.3, 0.4) is 0 Å². The number of hydrogen-bond acceptors (Lipinski definition) is 4. The topological polar surface area (TPSA) is 39.7 Å². The summed E-state index contributed by atoms with van der Waals surface area (Å²) in [5.41, 5.74) is 0. The van der Waals surface area contributed by atoms with Crippen LogP contribution in [-0.4, -0.2) is 53.2 Å². The predicted molar refractivity (Wildman–Crippen MR) is 63.7 cm³/mol. The number of methoxy groups -OCH3 is 2. The molecule has 0 aromatic rings. The Morgan fingerprint density at radius 3 is 2.56 bits per heavy atom. The molecule has 1 N–H and O–H groups in total. The van der Waals surface area contributed by atoms with Gasteiger partial charge >= 0.3 is 0 Å². The number of ether oxygens (including phenoxy) is 3. The van der Waals surface area contributed by atoms with Crippen LogP contribution < -0.4 is 5.32 Å². The van der Waals surface area contributed by atoms with E-state index in [2.05, 4.69) is 5.32 Å². The fraction of sp³-hybridized carbons (Fsp3) is 1.00. The molecule has 1 saturated carbocycles. The summed E-state index contributed by atoms with van der Waals surface area (Å²) in [6.07, 6.45) is 3.76. The van der Waals surface area contributed by atoms with Crippen LogP contribution in [0.15, 0.2) is 0 Å². The molecule has 0 heterocycles. The molecule has 16 heavy (non-hydrogen) atoms. The zero-order chi connectivity index (χ0) is 11.6. The summed E-state index contributed by atoms with van der Waals surface area (Å²) < 4.78 is 15.5. The highest BCUT2D eigenvalue weighted by Gasteiger charge is 2.30. The van der Waals surface area contributed by atoms with Crippen molar-refractivity contribution in [1.82, 2.24) is 5.32 Å². The van der Waals surface area contributed by atoms with Gasteiger partial charge in [0, 0.05) is 26.9 Å². The molecule has 1 atom stereocenters. The summed E-state index contributed by atoms with van der Waals surface area (Å²) in [6.45, 7) is 4.02. The lowest BCUT2D eigenvalue weighted by Crippen LogP contribution is -2.36. The zero-order valence-electron chi connectivity index (χ0n) is 10.5. The molecule has 0 radical (unpaired) electrons. The van der Waals surface area contributed by atoms with Crippen molar-refractivity contribution >= 4 is 0 Å². The second-order valence-corrected chi connectivity index (χ2v) is 4.31. The third-order valence-electron chi connectivity index (χ3n) is 2.84. The molecule has 1 fully saturated rings. The van der Waals surface area contributed by atoms with E-state index in [-0.39, 0.29) is 0 Å². The molecule has 1 aliphatic rings. The molecular formula is C12H25NO3. The van der Waals surface area contributed by atoms with E-state index in [1.54, 1.807) is 14.2 Å². The van der Waals surface area contributed by atoms with Crippen molar-refractivity contribution in [2.24, 2.45) is 5.92 Å². The third kappa shape index (κ3) is 6.43. The summed E-state index contributed by atoms with van der Waals surface area (Å²) in [5.74, 6) is 0.842. The predicted octanol–water partition coefficient (Wildman–Crippen LogP) is 1.05. The first-order chi connectivity index (χ1) is 7.88. The minimum Gasteiger partial charge on any atom is -0.383 e. The van der Waals surface area contributed by atoms with Gasteiger partial charge in [-0.15, -0.1) is 0 Å². The van der Waals surface area contributed by atoms with Crippen LogP contribution in [-0.2, 0) is 14.2 Å². The van der Waals surface area contributed by atoms with Gasteiger partial charge in [0.25, 0.3) is 0 Å². The van der Waals surface area contributed by atoms with Crippen LogP contribution in [0, 0.1) is 5.92 Å². The van der Waals surface area contributed by atoms with E-state index >= 15 is 0 Å². The summed E-state index contributed by atoms with van der Waals surface area (Å²) in [6, 6.07) is 0.545. The molecule has 0 aromatic heterocycles. The molecule has 4 heteroatoms. The lowest BCUT2D eigenvalue weighted by Gasteiger charge is -2.17. The Morgan fingerprint density at radius 1 is 1.12 bits per heavy atom. The Hall–Kier alpha value is -0.160. The molecule has 4 nitrogen and oxygen atoms in total. The SMILES string of the molecule is COCCOCCCNC(COC)C1CC1. The van der Waals surface area contributed by atoms with Crippen molar-refractivity contribution in [3.05, 3.63) is 0 Å². The van der Waals surface area contributed by atoms with Crippen molar-refractivity contribution in [3.8, 4) is 0 Å². The molecule has 1 aliphatic carbocycles. The van der Waals surface area contributed by atoms with Gasteiger partial charge in [0.15, 0.2) is 0 Å². The van der Waals surface area contributed by atoms with Crippen molar-refractivity contribution in [3.63, 3.8) is 0 Å². The molecule has 0 amide bonds. The fourth-order valence-electron chi connectivity index (χ4n) is 1.75. The monoisotopic (exact) mass is 231 g/mol. The zero-order valence-corrected chi connectivity index (χ0v) is 10.5. The van der Waals surface area contributed by atoms with Gasteiger partial charge in [-0.25, -0.2) is 0 Å². The largest absolute Gasteiger partial charge is 0.383 e.